The number of hydrogen-bond acceptors (Lipinski definition) is 4. The van der Waals surface area contributed by atoms with Crippen molar-refractivity contribution in [2.75, 3.05) is 6.54 Å². The van der Waals surface area contributed by atoms with Gasteiger partial charge in [0.15, 0.2) is 5.78 Å². The van der Waals surface area contributed by atoms with Gasteiger partial charge in [-0.25, -0.2) is 4.79 Å². The van der Waals surface area contributed by atoms with E-state index in [1.165, 1.54) is 12.1 Å². The minimum atomic E-state index is -5.01. The molecule has 148 valence electrons. The first-order chi connectivity index (χ1) is 12.4. The van der Waals surface area contributed by atoms with Gasteiger partial charge in [-0.3, -0.25) is 9.59 Å². The zero-order valence-electron chi connectivity index (χ0n) is 15.4. The minimum absolute atomic E-state index is 0.0383. The lowest BCUT2D eigenvalue weighted by molar-refractivity contribution is -0.170. The van der Waals surface area contributed by atoms with Crippen LogP contribution in [-0.2, 0) is 9.53 Å². The number of rotatable bonds is 7. The Bertz CT molecular complexity index is 701. The van der Waals surface area contributed by atoms with Gasteiger partial charge in [0, 0.05) is 12.1 Å². The molecule has 5 nitrogen and oxygen atoms in total. The molecule has 0 aliphatic heterocycles. The molecule has 0 unspecified atom stereocenters. The lowest BCUT2D eigenvalue weighted by atomic mass is 10.0. The van der Waals surface area contributed by atoms with Crippen molar-refractivity contribution in [2.24, 2.45) is 0 Å². The van der Waals surface area contributed by atoms with E-state index in [-0.39, 0.29) is 5.56 Å². The van der Waals surface area contributed by atoms with Gasteiger partial charge in [0.1, 0.15) is 5.60 Å². The molecule has 0 saturated carbocycles. The highest BCUT2D eigenvalue weighted by Crippen LogP contribution is 2.19. The molecule has 0 atom stereocenters. The standard InChI is InChI=1S/C19H22F3NO4/c1-18(2,3)27-17(26)23-11-5-4-6-13-7-9-14(10-8-13)15(24)12-16(25)19(20,21)22/h4,6-10H,5,11-12H2,1-3H3,(H,23,26). The number of Topliss-reactive ketones (excluding diaryl/α,β-unsaturated/α-hetero) is 2. The smallest absolute Gasteiger partial charge is 0.444 e. The van der Waals surface area contributed by atoms with Crippen molar-refractivity contribution < 1.29 is 32.3 Å². The predicted molar refractivity (Wildman–Crippen MR) is 94.3 cm³/mol. The Balaban J connectivity index is 2.46. The van der Waals surface area contributed by atoms with Crippen LogP contribution < -0.4 is 5.32 Å². The average Bonchev–Trinajstić information content (AvgIpc) is 2.52. The number of alkyl halides is 3. The summed E-state index contributed by atoms with van der Waals surface area (Å²) in [5, 5.41) is 2.60. The Morgan fingerprint density at radius 3 is 2.19 bits per heavy atom. The highest BCUT2D eigenvalue weighted by Gasteiger charge is 2.39. The van der Waals surface area contributed by atoms with Crippen LogP contribution in [0.2, 0.25) is 0 Å². The van der Waals surface area contributed by atoms with Crippen LogP contribution in [0.5, 0.6) is 0 Å². The van der Waals surface area contributed by atoms with Gasteiger partial charge in [-0.1, -0.05) is 36.4 Å². The third-order valence-corrected chi connectivity index (χ3v) is 3.16. The number of ether oxygens (including phenoxy) is 1. The highest BCUT2D eigenvalue weighted by molar-refractivity contribution is 6.09. The molecule has 0 saturated heterocycles. The molecule has 0 aliphatic rings. The van der Waals surface area contributed by atoms with Crippen molar-refractivity contribution in [2.45, 2.75) is 45.4 Å². The van der Waals surface area contributed by atoms with Crippen LogP contribution in [0.25, 0.3) is 6.08 Å². The van der Waals surface area contributed by atoms with E-state index < -0.39 is 35.9 Å². The minimum Gasteiger partial charge on any atom is -0.444 e. The number of amides is 1. The van der Waals surface area contributed by atoms with Crippen LogP contribution in [0.4, 0.5) is 18.0 Å². The molecule has 0 bridgehead atoms. The van der Waals surface area contributed by atoms with Crippen LogP contribution in [0.1, 0.15) is 49.5 Å². The Labute approximate surface area is 155 Å². The first-order valence-corrected chi connectivity index (χ1v) is 8.25. The van der Waals surface area contributed by atoms with Crippen LogP contribution >= 0.6 is 0 Å². The van der Waals surface area contributed by atoms with Crippen molar-refractivity contribution in [1.82, 2.24) is 5.32 Å². The molecule has 1 rings (SSSR count). The third kappa shape index (κ3) is 9.03. The second-order valence-corrected chi connectivity index (χ2v) is 6.76. The van der Waals surface area contributed by atoms with Crippen molar-refractivity contribution in [3.05, 3.63) is 41.5 Å². The fraction of sp³-hybridized carbons (Fsp3) is 0.421. The summed E-state index contributed by atoms with van der Waals surface area (Å²) in [7, 11) is 0. The summed E-state index contributed by atoms with van der Waals surface area (Å²) >= 11 is 0. The van der Waals surface area contributed by atoms with E-state index in [4.69, 9.17) is 4.74 Å². The van der Waals surface area contributed by atoms with E-state index in [0.29, 0.717) is 13.0 Å². The summed E-state index contributed by atoms with van der Waals surface area (Å²) in [5.41, 5.74) is 0.200. The molecule has 8 heteroatoms. The number of ketones is 2. The number of alkyl carbamates (subject to hydrolysis) is 1. The monoisotopic (exact) mass is 385 g/mol. The molecule has 0 fully saturated rings. The second kappa shape index (κ2) is 9.34. The van der Waals surface area contributed by atoms with Gasteiger partial charge in [-0.2, -0.15) is 13.2 Å². The number of carbonyl (C=O) groups is 3. The fourth-order valence-corrected chi connectivity index (χ4v) is 1.92. The molecule has 0 heterocycles. The van der Waals surface area contributed by atoms with Crippen molar-refractivity contribution in [1.29, 1.82) is 0 Å². The number of hydrogen-bond donors (Lipinski definition) is 1. The highest BCUT2D eigenvalue weighted by atomic mass is 19.4. The summed E-state index contributed by atoms with van der Waals surface area (Å²) in [5.74, 6) is -2.94. The number of halogens is 3. The molecule has 27 heavy (non-hydrogen) atoms. The van der Waals surface area contributed by atoms with Crippen molar-refractivity contribution in [3.63, 3.8) is 0 Å². The van der Waals surface area contributed by atoms with Gasteiger partial charge in [0.05, 0.1) is 6.42 Å². The molecule has 1 aromatic rings. The Hall–Kier alpha value is -2.64. The maximum Gasteiger partial charge on any atom is 0.450 e. The number of carbonyl (C=O) groups excluding carboxylic acids is 3. The summed E-state index contributed by atoms with van der Waals surface area (Å²) in [6.07, 6.45) is -2.64. The Kier molecular flexibility index (Phi) is 7.75. The molecule has 0 aliphatic carbocycles. The van der Waals surface area contributed by atoms with Gasteiger partial charge < -0.3 is 10.1 Å². The first kappa shape index (κ1) is 22.4. The number of benzene rings is 1. The maximum absolute atomic E-state index is 12.2. The summed E-state index contributed by atoms with van der Waals surface area (Å²) < 4.78 is 41.6. The molecule has 1 amide bonds. The van der Waals surface area contributed by atoms with Crippen LogP contribution in [0.15, 0.2) is 30.3 Å². The maximum atomic E-state index is 12.2. The van der Waals surface area contributed by atoms with Gasteiger partial charge in [0.25, 0.3) is 0 Å². The zero-order valence-corrected chi connectivity index (χ0v) is 15.4. The zero-order chi connectivity index (χ0) is 20.7. The molecule has 1 N–H and O–H groups in total. The van der Waals surface area contributed by atoms with Gasteiger partial charge >= 0.3 is 12.3 Å². The first-order valence-electron chi connectivity index (χ1n) is 8.25. The SMILES string of the molecule is CC(C)(C)OC(=O)NCCC=Cc1ccc(C(=O)CC(=O)C(F)(F)F)cc1. The van der Waals surface area contributed by atoms with Crippen molar-refractivity contribution in [3.8, 4) is 0 Å². The average molecular weight is 385 g/mol. The second-order valence-electron chi connectivity index (χ2n) is 6.76. The molecule has 0 aromatic heterocycles. The molecule has 1 aromatic carbocycles. The molecule has 0 spiro atoms. The predicted octanol–water partition coefficient (Wildman–Crippen LogP) is 4.32. The van der Waals surface area contributed by atoms with E-state index >= 15 is 0 Å². The topological polar surface area (TPSA) is 72.5 Å². The summed E-state index contributed by atoms with van der Waals surface area (Å²) in [4.78, 5) is 34.0. The third-order valence-electron chi connectivity index (χ3n) is 3.16. The summed E-state index contributed by atoms with van der Waals surface area (Å²) in [6, 6.07) is 5.85. The van der Waals surface area contributed by atoms with Gasteiger partial charge in [0.2, 0.25) is 5.78 Å². The fourth-order valence-electron chi connectivity index (χ4n) is 1.92. The van der Waals surface area contributed by atoms with Crippen molar-refractivity contribution >= 4 is 23.7 Å². The normalized spacial score (nSPS) is 12.1. The molecular formula is C19H22F3NO4. The number of nitrogens with one attached hydrogen (secondary N) is 1. The van der Waals surface area contributed by atoms with Crippen LogP contribution in [0, 0.1) is 0 Å². The van der Waals surface area contributed by atoms with Crippen LogP contribution in [-0.4, -0.2) is 36.0 Å². The Morgan fingerprint density at radius 2 is 1.67 bits per heavy atom. The van der Waals surface area contributed by atoms with E-state index in [2.05, 4.69) is 5.32 Å². The lowest BCUT2D eigenvalue weighted by Crippen LogP contribution is -2.32. The van der Waals surface area contributed by atoms with E-state index in [0.717, 1.165) is 5.56 Å². The molecule has 0 radical (unpaired) electrons. The van der Waals surface area contributed by atoms with E-state index in [1.807, 2.05) is 0 Å². The molecular weight excluding hydrogens is 363 g/mol. The largest absolute Gasteiger partial charge is 0.450 e. The van der Waals surface area contributed by atoms with Gasteiger partial charge in [-0.05, 0) is 32.8 Å². The lowest BCUT2D eigenvalue weighted by Gasteiger charge is -2.19. The quantitative estimate of drug-likeness (QED) is 0.431. The van der Waals surface area contributed by atoms with Gasteiger partial charge in [-0.15, -0.1) is 0 Å². The van der Waals surface area contributed by atoms with Crippen LogP contribution in [0.3, 0.4) is 0 Å². The Morgan fingerprint density at radius 1 is 1.07 bits per heavy atom. The van der Waals surface area contributed by atoms with E-state index in [9.17, 15) is 27.6 Å². The summed E-state index contributed by atoms with van der Waals surface area (Å²) in [6.45, 7) is 5.67. The van der Waals surface area contributed by atoms with E-state index in [1.54, 1.807) is 45.1 Å².